The molecule has 1 N–H and O–H groups in total. The van der Waals surface area contributed by atoms with Gasteiger partial charge in [-0.15, -0.1) is 0 Å². The Morgan fingerprint density at radius 3 is 2.38 bits per heavy atom. The summed E-state index contributed by atoms with van der Waals surface area (Å²) < 4.78 is 6.56. The van der Waals surface area contributed by atoms with E-state index in [1.54, 1.807) is 6.07 Å². The van der Waals surface area contributed by atoms with Crippen molar-refractivity contribution in [3.05, 3.63) is 58.1 Å². The molecule has 0 radical (unpaired) electrons. The van der Waals surface area contributed by atoms with Crippen molar-refractivity contribution in [3.63, 3.8) is 0 Å². The second kappa shape index (κ2) is 6.76. The van der Waals surface area contributed by atoms with Crippen molar-refractivity contribution in [2.24, 2.45) is 0 Å². The van der Waals surface area contributed by atoms with Crippen LogP contribution in [0.1, 0.15) is 29.8 Å². The zero-order valence-corrected chi connectivity index (χ0v) is 13.9. The standard InChI is InChI=1S/C17H18BrNO2/c1-11(2)21-15-7-5-14(6-8-15)19-17(20)13-4-9-16(18)12(3)10-13/h4-11H,1-3H3,(H,19,20). The average molecular weight is 348 g/mol. The minimum atomic E-state index is -0.122. The lowest BCUT2D eigenvalue weighted by molar-refractivity contribution is 0.102. The monoisotopic (exact) mass is 347 g/mol. The van der Waals surface area contributed by atoms with Crippen LogP contribution in [0.25, 0.3) is 0 Å². The topological polar surface area (TPSA) is 38.3 Å². The molecule has 0 saturated heterocycles. The molecule has 0 saturated carbocycles. The average Bonchev–Trinajstić information content (AvgIpc) is 2.43. The first kappa shape index (κ1) is 15.6. The van der Waals surface area contributed by atoms with Crippen LogP contribution in [0, 0.1) is 6.92 Å². The Morgan fingerprint density at radius 2 is 1.81 bits per heavy atom. The fraction of sp³-hybridized carbons (Fsp3) is 0.235. The third kappa shape index (κ3) is 4.33. The minimum Gasteiger partial charge on any atom is -0.491 e. The summed E-state index contributed by atoms with van der Waals surface area (Å²) in [5, 5.41) is 2.88. The highest BCUT2D eigenvalue weighted by atomic mass is 79.9. The zero-order chi connectivity index (χ0) is 15.4. The van der Waals surface area contributed by atoms with Crippen LogP contribution in [0.15, 0.2) is 46.9 Å². The van der Waals surface area contributed by atoms with Gasteiger partial charge in [0.1, 0.15) is 5.75 Å². The lowest BCUT2D eigenvalue weighted by Gasteiger charge is -2.11. The molecule has 0 fully saturated rings. The maximum atomic E-state index is 12.2. The van der Waals surface area contributed by atoms with Gasteiger partial charge in [0.15, 0.2) is 0 Å². The molecule has 3 nitrogen and oxygen atoms in total. The summed E-state index contributed by atoms with van der Waals surface area (Å²) in [6.45, 7) is 5.91. The van der Waals surface area contributed by atoms with Gasteiger partial charge in [-0.1, -0.05) is 15.9 Å². The van der Waals surface area contributed by atoms with Gasteiger partial charge in [-0.2, -0.15) is 0 Å². The summed E-state index contributed by atoms with van der Waals surface area (Å²) in [6.07, 6.45) is 0.135. The number of halogens is 1. The summed E-state index contributed by atoms with van der Waals surface area (Å²) in [4.78, 5) is 12.2. The molecule has 110 valence electrons. The highest BCUT2D eigenvalue weighted by molar-refractivity contribution is 9.10. The van der Waals surface area contributed by atoms with Gasteiger partial charge < -0.3 is 10.1 Å². The Hall–Kier alpha value is -1.81. The van der Waals surface area contributed by atoms with Crippen molar-refractivity contribution in [1.82, 2.24) is 0 Å². The smallest absolute Gasteiger partial charge is 0.255 e. The molecule has 0 heterocycles. The van der Waals surface area contributed by atoms with E-state index in [-0.39, 0.29) is 12.0 Å². The predicted molar refractivity (Wildman–Crippen MR) is 89.0 cm³/mol. The van der Waals surface area contributed by atoms with Gasteiger partial charge in [-0.25, -0.2) is 0 Å². The van der Waals surface area contributed by atoms with Gasteiger partial charge in [0.25, 0.3) is 5.91 Å². The normalized spacial score (nSPS) is 10.5. The molecule has 4 heteroatoms. The summed E-state index contributed by atoms with van der Waals surface area (Å²) in [5.41, 5.74) is 2.42. The number of carbonyl (C=O) groups is 1. The van der Waals surface area contributed by atoms with Crippen molar-refractivity contribution < 1.29 is 9.53 Å². The fourth-order valence-corrected chi connectivity index (χ4v) is 2.12. The van der Waals surface area contributed by atoms with E-state index in [2.05, 4.69) is 21.2 Å². The van der Waals surface area contributed by atoms with Crippen LogP contribution < -0.4 is 10.1 Å². The molecule has 0 aliphatic heterocycles. The largest absolute Gasteiger partial charge is 0.491 e. The quantitative estimate of drug-likeness (QED) is 0.862. The van der Waals surface area contributed by atoms with Gasteiger partial charge in [0, 0.05) is 15.7 Å². The van der Waals surface area contributed by atoms with Crippen LogP contribution >= 0.6 is 15.9 Å². The van der Waals surface area contributed by atoms with Gasteiger partial charge in [0.05, 0.1) is 6.10 Å². The Labute approximate surface area is 133 Å². The number of hydrogen-bond acceptors (Lipinski definition) is 2. The second-order valence-electron chi connectivity index (χ2n) is 5.11. The van der Waals surface area contributed by atoms with Crippen molar-refractivity contribution in [2.45, 2.75) is 26.9 Å². The molecule has 0 unspecified atom stereocenters. The van der Waals surface area contributed by atoms with Crippen LogP contribution in [0.3, 0.4) is 0 Å². The SMILES string of the molecule is Cc1cc(C(=O)Nc2ccc(OC(C)C)cc2)ccc1Br. The summed E-state index contributed by atoms with van der Waals surface area (Å²) in [7, 11) is 0. The van der Waals surface area contributed by atoms with Crippen molar-refractivity contribution in [2.75, 3.05) is 5.32 Å². The van der Waals surface area contributed by atoms with E-state index in [0.29, 0.717) is 5.56 Å². The van der Waals surface area contributed by atoms with Crippen LogP contribution in [0.4, 0.5) is 5.69 Å². The van der Waals surface area contributed by atoms with Crippen LogP contribution in [0.2, 0.25) is 0 Å². The Balaban J connectivity index is 2.06. The number of benzene rings is 2. The van der Waals surface area contributed by atoms with E-state index in [0.717, 1.165) is 21.5 Å². The van der Waals surface area contributed by atoms with Crippen LogP contribution in [-0.4, -0.2) is 12.0 Å². The summed E-state index contributed by atoms with van der Waals surface area (Å²) in [5.74, 6) is 0.672. The van der Waals surface area contributed by atoms with Gasteiger partial charge in [0.2, 0.25) is 0 Å². The number of ether oxygens (including phenoxy) is 1. The first-order valence-corrected chi connectivity index (χ1v) is 7.59. The van der Waals surface area contributed by atoms with Gasteiger partial charge in [-0.3, -0.25) is 4.79 Å². The van der Waals surface area contributed by atoms with Crippen LogP contribution in [0.5, 0.6) is 5.75 Å². The summed E-state index contributed by atoms with van der Waals surface area (Å²) in [6, 6.07) is 12.9. The maximum Gasteiger partial charge on any atom is 0.255 e. The Kier molecular flexibility index (Phi) is 5.02. The van der Waals surface area contributed by atoms with E-state index in [4.69, 9.17) is 4.74 Å². The number of amides is 1. The lowest BCUT2D eigenvalue weighted by atomic mass is 10.1. The Morgan fingerprint density at radius 1 is 1.14 bits per heavy atom. The molecule has 1 amide bonds. The molecule has 0 aromatic heterocycles. The number of aryl methyl sites for hydroxylation is 1. The van der Waals surface area contributed by atoms with Crippen molar-refractivity contribution >= 4 is 27.5 Å². The third-order valence-corrected chi connectivity index (χ3v) is 3.79. The highest BCUT2D eigenvalue weighted by Crippen LogP contribution is 2.20. The Bertz CT molecular complexity index is 636. The zero-order valence-electron chi connectivity index (χ0n) is 12.3. The molecule has 2 aromatic rings. The van der Waals surface area contributed by atoms with Crippen molar-refractivity contribution in [3.8, 4) is 5.75 Å². The highest BCUT2D eigenvalue weighted by Gasteiger charge is 2.07. The minimum absolute atomic E-state index is 0.122. The maximum absolute atomic E-state index is 12.2. The predicted octanol–water partition coefficient (Wildman–Crippen LogP) is 4.80. The van der Waals surface area contributed by atoms with E-state index in [1.165, 1.54) is 0 Å². The number of anilines is 1. The molecule has 0 atom stereocenters. The molecule has 0 aliphatic carbocycles. The molecular weight excluding hydrogens is 330 g/mol. The lowest BCUT2D eigenvalue weighted by Crippen LogP contribution is -2.12. The molecule has 0 spiro atoms. The number of rotatable bonds is 4. The van der Waals surface area contributed by atoms with E-state index in [1.807, 2.05) is 57.2 Å². The number of carbonyl (C=O) groups excluding carboxylic acids is 1. The first-order chi connectivity index (χ1) is 9.95. The number of nitrogens with one attached hydrogen (secondary N) is 1. The molecule has 0 aliphatic rings. The third-order valence-electron chi connectivity index (χ3n) is 2.90. The first-order valence-electron chi connectivity index (χ1n) is 6.80. The van der Waals surface area contributed by atoms with Gasteiger partial charge in [-0.05, 0) is 68.8 Å². The molecule has 2 rings (SSSR count). The molecule has 0 bridgehead atoms. The van der Waals surface area contributed by atoms with Gasteiger partial charge >= 0.3 is 0 Å². The van der Waals surface area contributed by atoms with Crippen LogP contribution in [-0.2, 0) is 0 Å². The number of hydrogen-bond donors (Lipinski definition) is 1. The van der Waals surface area contributed by atoms with E-state index >= 15 is 0 Å². The summed E-state index contributed by atoms with van der Waals surface area (Å²) >= 11 is 3.43. The van der Waals surface area contributed by atoms with Crippen molar-refractivity contribution in [1.29, 1.82) is 0 Å². The molecule has 21 heavy (non-hydrogen) atoms. The fourth-order valence-electron chi connectivity index (χ4n) is 1.88. The molecule has 2 aromatic carbocycles. The van der Waals surface area contributed by atoms with E-state index < -0.39 is 0 Å². The molecular formula is C17H18BrNO2. The van der Waals surface area contributed by atoms with E-state index in [9.17, 15) is 4.79 Å². The second-order valence-corrected chi connectivity index (χ2v) is 5.96.